The molecule has 162 valence electrons. The van der Waals surface area contributed by atoms with Gasteiger partial charge in [-0.2, -0.15) is 0 Å². The van der Waals surface area contributed by atoms with E-state index in [2.05, 4.69) is 15.9 Å². The third-order valence-corrected chi connectivity index (χ3v) is 5.30. The molecule has 0 saturated heterocycles. The predicted molar refractivity (Wildman–Crippen MR) is 122 cm³/mol. The summed E-state index contributed by atoms with van der Waals surface area (Å²) in [5, 5.41) is 0. The predicted octanol–water partition coefficient (Wildman–Crippen LogP) is 4.96. The van der Waals surface area contributed by atoms with Crippen LogP contribution in [0.1, 0.15) is 25.3 Å². The number of nitrogens with zero attached hydrogens (tertiary/aromatic N) is 1. The SMILES string of the molecule is CCOC(=O)C1=CN(c2ccccc2OC)C=C(C(=O)OCC)C1c1ccc(Br)cc1. The highest BCUT2D eigenvalue weighted by Crippen LogP contribution is 2.40. The zero-order valence-corrected chi connectivity index (χ0v) is 19.2. The van der Waals surface area contributed by atoms with Crippen molar-refractivity contribution in [3.63, 3.8) is 0 Å². The number of esters is 2. The molecular weight excluding hydrogens is 462 g/mol. The quantitative estimate of drug-likeness (QED) is 0.516. The van der Waals surface area contributed by atoms with Crippen molar-refractivity contribution in [3.05, 3.63) is 82.1 Å². The lowest BCUT2D eigenvalue weighted by Gasteiger charge is -2.31. The largest absolute Gasteiger partial charge is 0.495 e. The third kappa shape index (κ3) is 4.99. The van der Waals surface area contributed by atoms with Crippen LogP contribution in [0.25, 0.3) is 0 Å². The summed E-state index contributed by atoms with van der Waals surface area (Å²) in [6, 6.07) is 14.8. The summed E-state index contributed by atoms with van der Waals surface area (Å²) < 4.78 is 17.0. The first-order valence-electron chi connectivity index (χ1n) is 9.94. The molecule has 2 aromatic rings. The van der Waals surface area contributed by atoms with E-state index in [9.17, 15) is 9.59 Å². The van der Waals surface area contributed by atoms with Crippen LogP contribution in [0.3, 0.4) is 0 Å². The van der Waals surface area contributed by atoms with Gasteiger partial charge in [-0.3, -0.25) is 0 Å². The molecule has 0 bridgehead atoms. The topological polar surface area (TPSA) is 65.1 Å². The van der Waals surface area contributed by atoms with E-state index in [1.54, 1.807) is 38.3 Å². The summed E-state index contributed by atoms with van der Waals surface area (Å²) in [6.45, 7) is 3.93. The number of benzene rings is 2. The number of hydrogen-bond acceptors (Lipinski definition) is 6. The third-order valence-electron chi connectivity index (χ3n) is 4.77. The van der Waals surface area contributed by atoms with E-state index in [1.807, 2.05) is 48.5 Å². The average Bonchev–Trinajstić information content (AvgIpc) is 2.79. The first-order chi connectivity index (χ1) is 15.0. The fourth-order valence-corrected chi connectivity index (χ4v) is 3.68. The maximum atomic E-state index is 13.0. The zero-order valence-electron chi connectivity index (χ0n) is 17.6. The lowest BCUT2D eigenvalue weighted by Crippen LogP contribution is -2.29. The van der Waals surface area contributed by atoms with Crippen LogP contribution in [0.15, 0.2) is 76.5 Å². The van der Waals surface area contributed by atoms with Crippen LogP contribution in [0.5, 0.6) is 5.75 Å². The number of ether oxygens (including phenoxy) is 3. The Balaban J connectivity index is 2.19. The molecular formula is C24H24BrNO5. The van der Waals surface area contributed by atoms with Crippen molar-refractivity contribution in [1.82, 2.24) is 0 Å². The number of anilines is 1. The summed E-state index contributed by atoms with van der Waals surface area (Å²) in [7, 11) is 1.57. The van der Waals surface area contributed by atoms with Crippen molar-refractivity contribution in [2.75, 3.05) is 25.2 Å². The van der Waals surface area contributed by atoms with Gasteiger partial charge >= 0.3 is 11.9 Å². The monoisotopic (exact) mass is 485 g/mol. The molecule has 0 radical (unpaired) electrons. The number of rotatable bonds is 7. The van der Waals surface area contributed by atoms with E-state index in [1.165, 1.54) is 0 Å². The smallest absolute Gasteiger partial charge is 0.336 e. The maximum absolute atomic E-state index is 13.0. The molecule has 1 aliphatic heterocycles. The van der Waals surface area contributed by atoms with Crippen molar-refractivity contribution in [1.29, 1.82) is 0 Å². The number of halogens is 1. The van der Waals surface area contributed by atoms with E-state index in [0.29, 0.717) is 22.6 Å². The van der Waals surface area contributed by atoms with Crippen LogP contribution in [0, 0.1) is 0 Å². The molecule has 7 heteroatoms. The van der Waals surface area contributed by atoms with Gasteiger partial charge in [0.1, 0.15) is 5.75 Å². The molecule has 0 aromatic heterocycles. The molecule has 0 spiro atoms. The van der Waals surface area contributed by atoms with Gasteiger partial charge in [0.25, 0.3) is 0 Å². The molecule has 1 aliphatic rings. The van der Waals surface area contributed by atoms with Gasteiger partial charge in [-0.1, -0.05) is 40.2 Å². The van der Waals surface area contributed by atoms with E-state index >= 15 is 0 Å². The van der Waals surface area contributed by atoms with E-state index in [4.69, 9.17) is 14.2 Å². The minimum absolute atomic E-state index is 0.219. The van der Waals surface area contributed by atoms with Gasteiger partial charge in [-0.15, -0.1) is 0 Å². The molecule has 0 fully saturated rings. The van der Waals surface area contributed by atoms with Crippen molar-refractivity contribution in [2.24, 2.45) is 0 Å². The normalized spacial score (nSPS) is 13.9. The van der Waals surface area contributed by atoms with Crippen molar-refractivity contribution in [2.45, 2.75) is 19.8 Å². The van der Waals surface area contributed by atoms with Gasteiger partial charge in [0, 0.05) is 16.9 Å². The number of carbonyl (C=O) groups is 2. The molecule has 1 heterocycles. The van der Waals surface area contributed by atoms with E-state index in [-0.39, 0.29) is 13.2 Å². The number of methoxy groups -OCH3 is 1. The molecule has 3 rings (SSSR count). The zero-order chi connectivity index (χ0) is 22.4. The average molecular weight is 486 g/mol. The Morgan fingerprint density at radius 2 is 1.45 bits per heavy atom. The molecule has 0 unspecified atom stereocenters. The Kier molecular flexibility index (Phi) is 7.52. The fraction of sp³-hybridized carbons (Fsp3) is 0.250. The second-order valence-corrected chi connectivity index (χ2v) is 7.59. The molecule has 0 saturated carbocycles. The van der Waals surface area contributed by atoms with E-state index in [0.717, 1.165) is 10.0 Å². The molecule has 0 atom stereocenters. The van der Waals surface area contributed by atoms with Gasteiger partial charge < -0.3 is 19.1 Å². The molecule has 0 aliphatic carbocycles. The Labute approximate surface area is 190 Å². The fourth-order valence-electron chi connectivity index (χ4n) is 3.42. The highest BCUT2D eigenvalue weighted by Gasteiger charge is 2.36. The van der Waals surface area contributed by atoms with Crippen LogP contribution in [-0.2, 0) is 19.1 Å². The summed E-state index contributed by atoms with van der Waals surface area (Å²) in [5.41, 5.74) is 2.13. The van der Waals surface area contributed by atoms with Gasteiger partial charge in [-0.05, 0) is 43.7 Å². The summed E-state index contributed by atoms with van der Waals surface area (Å²) in [4.78, 5) is 27.6. The van der Waals surface area contributed by atoms with Crippen LogP contribution >= 0.6 is 15.9 Å². The highest BCUT2D eigenvalue weighted by atomic mass is 79.9. The number of hydrogen-bond donors (Lipinski definition) is 0. The van der Waals surface area contributed by atoms with Crippen molar-refractivity contribution < 1.29 is 23.8 Å². The summed E-state index contributed by atoms with van der Waals surface area (Å²) in [5.74, 6) is -1.02. The van der Waals surface area contributed by atoms with Crippen LogP contribution in [-0.4, -0.2) is 32.3 Å². The molecule has 31 heavy (non-hydrogen) atoms. The minimum atomic E-state index is -0.628. The summed E-state index contributed by atoms with van der Waals surface area (Å²) in [6.07, 6.45) is 3.37. The molecule has 0 amide bonds. The van der Waals surface area contributed by atoms with Crippen molar-refractivity contribution >= 4 is 33.6 Å². The second-order valence-electron chi connectivity index (χ2n) is 6.67. The van der Waals surface area contributed by atoms with Gasteiger partial charge in [-0.25, -0.2) is 9.59 Å². The Bertz CT molecular complexity index is 977. The first-order valence-corrected chi connectivity index (χ1v) is 10.7. The number of para-hydroxylation sites is 2. The van der Waals surface area contributed by atoms with Gasteiger partial charge in [0.2, 0.25) is 0 Å². The van der Waals surface area contributed by atoms with Crippen LogP contribution in [0.2, 0.25) is 0 Å². The van der Waals surface area contributed by atoms with Crippen molar-refractivity contribution in [3.8, 4) is 5.75 Å². The summed E-state index contributed by atoms with van der Waals surface area (Å²) >= 11 is 3.43. The highest BCUT2D eigenvalue weighted by molar-refractivity contribution is 9.10. The molecule has 6 nitrogen and oxygen atoms in total. The second kappa shape index (κ2) is 10.3. The van der Waals surface area contributed by atoms with Crippen LogP contribution in [0.4, 0.5) is 5.69 Å². The lowest BCUT2D eigenvalue weighted by molar-refractivity contribution is -0.139. The van der Waals surface area contributed by atoms with Gasteiger partial charge in [0.15, 0.2) is 0 Å². The maximum Gasteiger partial charge on any atom is 0.336 e. The lowest BCUT2D eigenvalue weighted by atomic mass is 9.83. The first kappa shape index (κ1) is 22.6. The van der Waals surface area contributed by atoms with E-state index < -0.39 is 17.9 Å². The van der Waals surface area contributed by atoms with Gasteiger partial charge in [0.05, 0.1) is 43.1 Å². The molecule has 0 N–H and O–H groups in total. The number of carbonyl (C=O) groups excluding carboxylic acids is 2. The minimum Gasteiger partial charge on any atom is -0.495 e. The Morgan fingerprint density at radius 3 is 1.97 bits per heavy atom. The Morgan fingerprint density at radius 1 is 0.903 bits per heavy atom. The molecule has 2 aromatic carbocycles. The Hall–Kier alpha value is -3.06. The standard InChI is InChI=1S/C24H24BrNO5/c1-4-30-23(27)18-14-26(20-8-6-7-9-21(20)29-3)15-19(24(28)31-5-2)22(18)16-10-12-17(25)13-11-16/h6-15,22H,4-5H2,1-3H3. The van der Waals surface area contributed by atoms with Crippen LogP contribution < -0.4 is 9.64 Å².